The fourth-order valence-electron chi connectivity index (χ4n) is 4.80. The van der Waals surface area contributed by atoms with Gasteiger partial charge in [0.15, 0.2) is 11.5 Å². The van der Waals surface area contributed by atoms with Crippen molar-refractivity contribution in [3.63, 3.8) is 0 Å². The molecule has 1 fully saturated rings. The van der Waals surface area contributed by atoms with E-state index < -0.39 is 5.91 Å². The molecule has 2 aromatic heterocycles. The highest BCUT2D eigenvalue weighted by molar-refractivity contribution is 5.95. The number of carbonyl (C=O) groups is 2. The molecule has 9 nitrogen and oxygen atoms in total. The molecule has 1 saturated heterocycles. The van der Waals surface area contributed by atoms with E-state index in [1.54, 1.807) is 6.92 Å². The van der Waals surface area contributed by atoms with Gasteiger partial charge in [-0.3, -0.25) is 9.59 Å². The zero-order chi connectivity index (χ0) is 22.1. The van der Waals surface area contributed by atoms with Gasteiger partial charge in [-0.15, -0.1) is 0 Å². The van der Waals surface area contributed by atoms with Crippen molar-refractivity contribution in [3.05, 3.63) is 59.2 Å². The van der Waals surface area contributed by atoms with Crippen LogP contribution in [0.25, 0.3) is 11.4 Å². The molecule has 1 aliphatic heterocycles. The number of benzene rings is 1. The first kappa shape index (κ1) is 20.3. The molecule has 1 aromatic carbocycles. The number of nitrogens with one attached hydrogen (secondary N) is 1. The first-order valence-corrected chi connectivity index (χ1v) is 10.8. The molecule has 3 heterocycles. The first-order chi connectivity index (χ1) is 15.6. The maximum atomic E-state index is 12.9. The molecule has 1 spiro atoms. The topological polar surface area (TPSA) is 114 Å². The minimum atomic E-state index is -0.463. The van der Waals surface area contributed by atoms with E-state index in [2.05, 4.69) is 25.2 Å². The molecule has 0 saturated carbocycles. The van der Waals surface area contributed by atoms with Crippen molar-refractivity contribution >= 4 is 11.8 Å². The van der Waals surface area contributed by atoms with Crippen LogP contribution in [-0.4, -0.2) is 56.6 Å². The fraction of sp³-hybridized carbons (Fsp3) is 0.391. The second kappa shape index (κ2) is 8.14. The van der Waals surface area contributed by atoms with Crippen molar-refractivity contribution < 1.29 is 14.2 Å². The molecule has 5 rings (SSSR count). The Balaban J connectivity index is 1.32. The van der Waals surface area contributed by atoms with E-state index in [-0.39, 0.29) is 23.6 Å². The third-order valence-corrected chi connectivity index (χ3v) is 6.47. The zero-order valence-corrected chi connectivity index (χ0v) is 17.9. The predicted octanol–water partition coefficient (Wildman–Crippen LogP) is 2.07. The number of fused-ring (bicyclic) bond motifs is 2. The van der Waals surface area contributed by atoms with Gasteiger partial charge >= 0.3 is 0 Å². The van der Waals surface area contributed by atoms with Gasteiger partial charge in [0.05, 0.1) is 12.2 Å². The number of aryl methyl sites for hydroxylation is 2. The fourth-order valence-corrected chi connectivity index (χ4v) is 4.80. The van der Waals surface area contributed by atoms with Crippen LogP contribution < -0.4 is 5.32 Å². The molecule has 3 aromatic rings. The van der Waals surface area contributed by atoms with Gasteiger partial charge in [-0.1, -0.05) is 35.5 Å². The maximum absolute atomic E-state index is 12.9. The predicted molar refractivity (Wildman–Crippen MR) is 115 cm³/mol. The van der Waals surface area contributed by atoms with Gasteiger partial charge in [-0.2, -0.15) is 0 Å². The minimum Gasteiger partial charge on any atom is -0.341 e. The lowest BCUT2D eigenvalue weighted by molar-refractivity contribution is -0.132. The highest BCUT2D eigenvalue weighted by Crippen LogP contribution is 2.44. The summed E-state index contributed by atoms with van der Waals surface area (Å²) in [4.78, 5) is 36.5. The highest BCUT2D eigenvalue weighted by Gasteiger charge is 2.44. The Morgan fingerprint density at radius 2 is 2.03 bits per heavy atom. The summed E-state index contributed by atoms with van der Waals surface area (Å²) >= 11 is 0. The van der Waals surface area contributed by atoms with Crippen LogP contribution in [0.4, 0.5) is 0 Å². The van der Waals surface area contributed by atoms with Crippen molar-refractivity contribution in [2.75, 3.05) is 19.6 Å². The van der Waals surface area contributed by atoms with Gasteiger partial charge in [0.1, 0.15) is 5.69 Å². The lowest BCUT2D eigenvalue weighted by Crippen LogP contribution is -2.50. The van der Waals surface area contributed by atoms with Gasteiger partial charge in [0.25, 0.3) is 5.91 Å². The van der Waals surface area contributed by atoms with Crippen LogP contribution in [-0.2, 0) is 16.6 Å². The lowest BCUT2D eigenvalue weighted by atomic mass is 9.77. The molecule has 1 aliphatic carbocycles. The summed E-state index contributed by atoms with van der Waals surface area (Å²) in [6, 6.07) is 9.95. The van der Waals surface area contributed by atoms with Gasteiger partial charge in [0.2, 0.25) is 5.91 Å². The number of aromatic nitrogens is 4. The van der Waals surface area contributed by atoms with Crippen molar-refractivity contribution in [1.82, 2.24) is 30.5 Å². The van der Waals surface area contributed by atoms with Crippen LogP contribution in [0.2, 0.25) is 0 Å². The standard InChI is InChI=1S/C23H24N6O3/c1-15-19(28-32-27-15)22(31)25-13-18(30)29-11-5-9-23(14-29)10-8-17-12-24-21(26-20(17)23)16-6-3-2-4-7-16/h2-4,6-7,12H,5,8-11,13-14H2,1H3,(H,25,31). The summed E-state index contributed by atoms with van der Waals surface area (Å²) in [6.45, 7) is 2.81. The average Bonchev–Trinajstić information content (AvgIpc) is 3.41. The average molecular weight is 432 g/mol. The summed E-state index contributed by atoms with van der Waals surface area (Å²) < 4.78 is 4.56. The molecule has 2 aliphatic rings. The summed E-state index contributed by atoms with van der Waals surface area (Å²) in [5.41, 5.74) is 3.55. The molecule has 9 heteroatoms. The minimum absolute atomic E-state index is 0.0902. The lowest BCUT2D eigenvalue weighted by Gasteiger charge is -2.40. The van der Waals surface area contributed by atoms with Gasteiger partial charge in [-0.05, 0) is 43.3 Å². The molecule has 2 amide bonds. The number of rotatable bonds is 4. The third-order valence-electron chi connectivity index (χ3n) is 6.47. The quantitative estimate of drug-likeness (QED) is 0.671. The summed E-state index contributed by atoms with van der Waals surface area (Å²) in [7, 11) is 0. The van der Waals surface area contributed by atoms with Crippen LogP contribution >= 0.6 is 0 Å². The number of piperidine rings is 1. The Bertz CT molecular complexity index is 1160. The number of likely N-dealkylation sites (tertiary alicyclic amines) is 1. The van der Waals surface area contributed by atoms with Crippen molar-refractivity contribution in [1.29, 1.82) is 0 Å². The van der Waals surface area contributed by atoms with Gasteiger partial charge in [0, 0.05) is 30.3 Å². The molecule has 164 valence electrons. The van der Waals surface area contributed by atoms with Crippen molar-refractivity contribution in [2.24, 2.45) is 0 Å². The smallest absolute Gasteiger partial charge is 0.275 e. The molecule has 32 heavy (non-hydrogen) atoms. The molecular formula is C23H24N6O3. The SMILES string of the molecule is Cc1nonc1C(=O)NCC(=O)N1CCCC2(CCc3cnc(-c4ccccc4)nc32)C1. The molecular weight excluding hydrogens is 408 g/mol. The van der Waals surface area contributed by atoms with E-state index in [0.29, 0.717) is 18.8 Å². The monoisotopic (exact) mass is 432 g/mol. The maximum Gasteiger partial charge on any atom is 0.275 e. The Morgan fingerprint density at radius 1 is 1.19 bits per heavy atom. The Morgan fingerprint density at radius 3 is 2.81 bits per heavy atom. The van der Waals surface area contributed by atoms with Gasteiger partial charge < -0.3 is 10.2 Å². The van der Waals surface area contributed by atoms with E-state index in [1.807, 2.05) is 41.4 Å². The first-order valence-electron chi connectivity index (χ1n) is 10.8. The number of hydrogen-bond acceptors (Lipinski definition) is 7. The van der Waals surface area contributed by atoms with Crippen LogP contribution in [0.3, 0.4) is 0 Å². The summed E-state index contributed by atoms with van der Waals surface area (Å²) in [5, 5.41) is 9.82. The van der Waals surface area contributed by atoms with E-state index in [9.17, 15) is 9.59 Å². The number of carbonyl (C=O) groups excluding carboxylic acids is 2. The molecule has 1 atom stereocenters. The van der Waals surface area contributed by atoms with Crippen LogP contribution in [0.1, 0.15) is 46.7 Å². The molecule has 1 N–H and O–H groups in total. The largest absolute Gasteiger partial charge is 0.341 e. The van der Waals surface area contributed by atoms with E-state index in [4.69, 9.17) is 4.98 Å². The van der Waals surface area contributed by atoms with Gasteiger partial charge in [-0.25, -0.2) is 14.6 Å². The third kappa shape index (κ3) is 3.63. The Kier molecular flexibility index (Phi) is 5.16. The van der Waals surface area contributed by atoms with Crippen LogP contribution in [0.15, 0.2) is 41.2 Å². The van der Waals surface area contributed by atoms with Crippen molar-refractivity contribution in [3.8, 4) is 11.4 Å². The van der Waals surface area contributed by atoms with E-state index in [0.717, 1.165) is 42.8 Å². The number of amides is 2. The summed E-state index contributed by atoms with van der Waals surface area (Å²) in [5.74, 6) is 0.144. The summed E-state index contributed by atoms with van der Waals surface area (Å²) in [6.07, 6.45) is 5.70. The Labute approximate surface area is 185 Å². The number of nitrogens with zero attached hydrogens (tertiary/aromatic N) is 5. The van der Waals surface area contributed by atoms with Crippen molar-refractivity contribution in [2.45, 2.75) is 38.0 Å². The second-order valence-corrected chi connectivity index (χ2v) is 8.51. The van der Waals surface area contributed by atoms with Crippen LogP contribution in [0.5, 0.6) is 0 Å². The van der Waals surface area contributed by atoms with E-state index in [1.165, 1.54) is 5.56 Å². The second-order valence-electron chi connectivity index (χ2n) is 8.51. The molecule has 1 unspecified atom stereocenters. The molecule has 0 bridgehead atoms. The zero-order valence-electron chi connectivity index (χ0n) is 17.9. The van der Waals surface area contributed by atoms with Crippen LogP contribution in [0, 0.1) is 6.92 Å². The normalized spacial score (nSPS) is 19.7. The highest BCUT2D eigenvalue weighted by atomic mass is 16.6. The van der Waals surface area contributed by atoms with E-state index >= 15 is 0 Å². The number of hydrogen-bond donors (Lipinski definition) is 1. The Hall–Kier alpha value is -3.62. The molecule has 0 radical (unpaired) electrons.